The van der Waals surface area contributed by atoms with E-state index < -0.39 is 11.8 Å². The van der Waals surface area contributed by atoms with Crippen LogP contribution < -0.4 is 9.47 Å². The molecule has 0 atom stereocenters. The van der Waals surface area contributed by atoms with Crippen LogP contribution >= 0.6 is 11.8 Å². The number of rotatable bonds is 5. The lowest BCUT2D eigenvalue weighted by molar-refractivity contribution is -0.131. The molecule has 0 bridgehead atoms. The Morgan fingerprint density at radius 2 is 1.95 bits per heavy atom. The first-order chi connectivity index (χ1) is 9.61. The number of methoxy groups -OCH3 is 1. The van der Waals surface area contributed by atoms with E-state index in [-0.39, 0.29) is 11.7 Å². The molecule has 20 heavy (non-hydrogen) atoms. The Bertz CT molecular complexity index is 508. The number of hydrogen-bond donors (Lipinski definition) is 1. The number of benzene rings is 1. The van der Waals surface area contributed by atoms with Crippen LogP contribution in [0.3, 0.4) is 0 Å². The molecule has 0 saturated carbocycles. The van der Waals surface area contributed by atoms with Crippen molar-refractivity contribution < 1.29 is 24.2 Å². The lowest BCUT2D eigenvalue weighted by Gasteiger charge is -2.23. The van der Waals surface area contributed by atoms with Gasteiger partial charge >= 0.3 is 5.97 Å². The molecular formula is C14H16O5S. The maximum atomic E-state index is 11.5. The van der Waals surface area contributed by atoms with E-state index in [0.717, 1.165) is 24.3 Å². The highest BCUT2D eigenvalue weighted by molar-refractivity contribution is 7.99. The summed E-state index contributed by atoms with van der Waals surface area (Å²) < 4.78 is 11.1. The second-order valence-electron chi connectivity index (χ2n) is 4.43. The van der Waals surface area contributed by atoms with Crippen molar-refractivity contribution in [3.05, 3.63) is 23.8 Å². The van der Waals surface area contributed by atoms with Gasteiger partial charge < -0.3 is 14.6 Å². The van der Waals surface area contributed by atoms with Gasteiger partial charge in [0.25, 0.3) is 5.78 Å². The fraction of sp³-hybridized carbons (Fsp3) is 0.429. The predicted molar refractivity (Wildman–Crippen MR) is 75.9 cm³/mol. The second kappa shape index (κ2) is 6.65. The van der Waals surface area contributed by atoms with Crippen molar-refractivity contribution in [3.8, 4) is 11.5 Å². The van der Waals surface area contributed by atoms with Crippen molar-refractivity contribution >= 4 is 23.5 Å². The molecular weight excluding hydrogens is 280 g/mol. The third kappa shape index (κ3) is 3.45. The molecule has 1 aromatic carbocycles. The van der Waals surface area contributed by atoms with E-state index in [1.165, 1.54) is 19.2 Å². The molecule has 0 unspecified atom stereocenters. The minimum atomic E-state index is -1.48. The summed E-state index contributed by atoms with van der Waals surface area (Å²) in [5.74, 6) is 0.593. The Morgan fingerprint density at radius 1 is 1.25 bits per heavy atom. The van der Waals surface area contributed by atoms with E-state index in [9.17, 15) is 9.59 Å². The minimum absolute atomic E-state index is 0.0836. The predicted octanol–water partition coefficient (Wildman–Crippen LogP) is 2.24. The van der Waals surface area contributed by atoms with Gasteiger partial charge in [-0.15, -0.1) is 0 Å². The van der Waals surface area contributed by atoms with Crippen molar-refractivity contribution in [2.24, 2.45) is 0 Å². The van der Waals surface area contributed by atoms with Gasteiger partial charge in [-0.05, 0) is 42.5 Å². The molecule has 1 saturated heterocycles. The lowest BCUT2D eigenvalue weighted by Crippen LogP contribution is -2.22. The van der Waals surface area contributed by atoms with Gasteiger partial charge in [-0.3, -0.25) is 4.79 Å². The molecule has 1 heterocycles. The summed E-state index contributed by atoms with van der Waals surface area (Å²) in [7, 11) is 1.51. The summed E-state index contributed by atoms with van der Waals surface area (Å²) >= 11 is 1.89. The van der Waals surface area contributed by atoms with E-state index in [2.05, 4.69) is 0 Å². The SMILES string of the molecule is COc1ccc(C(=O)C(=O)O)cc1OC1CCSCC1. The van der Waals surface area contributed by atoms with E-state index >= 15 is 0 Å². The van der Waals surface area contributed by atoms with Crippen molar-refractivity contribution in [2.75, 3.05) is 18.6 Å². The maximum absolute atomic E-state index is 11.5. The summed E-state index contributed by atoms with van der Waals surface area (Å²) in [5.41, 5.74) is 0.0958. The fourth-order valence-electron chi connectivity index (χ4n) is 2.01. The Balaban J connectivity index is 2.21. The van der Waals surface area contributed by atoms with Gasteiger partial charge in [-0.2, -0.15) is 11.8 Å². The van der Waals surface area contributed by atoms with Crippen LogP contribution in [0.25, 0.3) is 0 Å². The first-order valence-electron chi connectivity index (χ1n) is 6.32. The van der Waals surface area contributed by atoms with Crippen molar-refractivity contribution in [1.82, 2.24) is 0 Å². The molecule has 1 fully saturated rings. The minimum Gasteiger partial charge on any atom is -0.493 e. The Labute approximate surface area is 121 Å². The van der Waals surface area contributed by atoms with Crippen LogP contribution in [0, 0.1) is 0 Å². The standard InChI is InChI=1S/C14H16O5S/c1-18-11-3-2-9(13(15)14(16)17)8-12(11)19-10-4-6-20-7-5-10/h2-3,8,10H,4-7H2,1H3,(H,16,17). The zero-order chi connectivity index (χ0) is 14.5. The molecule has 2 rings (SSSR count). The lowest BCUT2D eigenvalue weighted by atomic mass is 10.1. The molecule has 0 aromatic heterocycles. The number of aliphatic carboxylic acids is 1. The van der Waals surface area contributed by atoms with Gasteiger partial charge in [0.05, 0.1) is 7.11 Å². The molecule has 108 valence electrons. The average Bonchev–Trinajstić information content (AvgIpc) is 2.47. The van der Waals surface area contributed by atoms with Crippen LogP contribution in [0.15, 0.2) is 18.2 Å². The number of ketones is 1. The van der Waals surface area contributed by atoms with Crippen LogP contribution in [0.1, 0.15) is 23.2 Å². The molecule has 0 aliphatic carbocycles. The number of carboxylic acid groups (broad SMARTS) is 1. The molecule has 0 radical (unpaired) electrons. The van der Waals surface area contributed by atoms with E-state index in [0.29, 0.717) is 11.5 Å². The molecule has 1 N–H and O–H groups in total. The van der Waals surface area contributed by atoms with E-state index in [4.69, 9.17) is 14.6 Å². The number of thioether (sulfide) groups is 1. The van der Waals surface area contributed by atoms with Gasteiger partial charge in [0.15, 0.2) is 11.5 Å². The monoisotopic (exact) mass is 296 g/mol. The normalized spacial score (nSPS) is 15.7. The van der Waals surface area contributed by atoms with E-state index in [1.54, 1.807) is 6.07 Å². The molecule has 0 amide bonds. The number of hydrogen-bond acceptors (Lipinski definition) is 5. The van der Waals surface area contributed by atoms with Crippen molar-refractivity contribution in [3.63, 3.8) is 0 Å². The van der Waals surface area contributed by atoms with Gasteiger partial charge in [-0.25, -0.2) is 4.79 Å². The Kier molecular flexibility index (Phi) is 4.89. The average molecular weight is 296 g/mol. The summed E-state index contributed by atoms with van der Waals surface area (Å²) in [6.07, 6.45) is 1.95. The number of carboxylic acids is 1. The zero-order valence-electron chi connectivity index (χ0n) is 11.1. The zero-order valence-corrected chi connectivity index (χ0v) is 11.9. The number of carbonyl (C=O) groups is 2. The van der Waals surface area contributed by atoms with Crippen molar-refractivity contribution in [2.45, 2.75) is 18.9 Å². The number of carbonyl (C=O) groups excluding carboxylic acids is 1. The molecule has 5 nitrogen and oxygen atoms in total. The largest absolute Gasteiger partial charge is 0.493 e. The number of ether oxygens (including phenoxy) is 2. The molecule has 1 aliphatic rings. The summed E-state index contributed by atoms with van der Waals surface area (Å²) in [6, 6.07) is 4.43. The highest BCUT2D eigenvalue weighted by atomic mass is 32.2. The first kappa shape index (κ1) is 14.7. The highest BCUT2D eigenvalue weighted by Gasteiger charge is 2.20. The fourth-order valence-corrected chi connectivity index (χ4v) is 3.07. The van der Waals surface area contributed by atoms with Crippen molar-refractivity contribution in [1.29, 1.82) is 0 Å². The highest BCUT2D eigenvalue weighted by Crippen LogP contribution is 2.31. The summed E-state index contributed by atoms with van der Waals surface area (Å²) in [4.78, 5) is 22.2. The van der Waals surface area contributed by atoms with Crippen LogP contribution in [-0.2, 0) is 4.79 Å². The quantitative estimate of drug-likeness (QED) is 0.663. The molecule has 1 aromatic rings. The molecule has 1 aliphatic heterocycles. The van der Waals surface area contributed by atoms with Gasteiger partial charge in [0, 0.05) is 5.56 Å². The topological polar surface area (TPSA) is 72.8 Å². The Morgan fingerprint density at radius 3 is 2.55 bits per heavy atom. The van der Waals surface area contributed by atoms with Gasteiger partial charge in [0.1, 0.15) is 6.10 Å². The smallest absolute Gasteiger partial charge is 0.377 e. The van der Waals surface area contributed by atoms with Crippen LogP contribution in [0.2, 0.25) is 0 Å². The molecule has 6 heteroatoms. The summed E-state index contributed by atoms with van der Waals surface area (Å²) in [6.45, 7) is 0. The van der Waals surface area contributed by atoms with Gasteiger partial charge in [-0.1, -0.05) is 0 Å². The molecule has 0 spiro atoms. The first-order valence-corrected chi connectivity index (χ1v) is 7.47. The third-order valence-corrected chi connectivity index (χ3v) is 4.13. The van der Waals surface area contributed by atoms with Gasteiger partial charge in [0.2, 0.25) is 0 Å². The van der Waals surface area contributed by atoms with Crippen LogP contribution in [-0.4, -0.2) is 41.6 Å². The second-order valence-corrected chi connectivity index (χ2v) is 5.65. The number of Topliss-reactive ketones (excluding diaryl/α,β-unsaturated/α-hetero) is 1. The van der Waals surface area contributed by atoms with E-state index in [1.807, 2.05) is 11.8 Å². The van der Waals surface area contributed by atoms with Crippen LogP contribution in [0.4, 0.5) is 0 Å². The van der Waals surface area contributed by atoms with Crippen LogP contribution in [0.5, 0.6) is 11.5 Å². The summed E-state index contributed by atoms with van der Waals surface area (Å²) in [5, 5.41) is 8.75. The third-order valence-electron chi connectivity index (χ3n) is 3.08. The maximum Gasteiger partial charge on any atom is 0.377 e. The Hall–Kier alpha value is -1.69.